The molecule has 120 valence electrons. The van der Waals surface area contributed by atoms with Crippen molar-refractivity contribution < 1.29 is 29.2 Å². The van der Waals surface area contributed by atoms with Gasteiger partial charge in [-0.05, 0) is 5.56 Å². The van der Waals surface area contributed by atoms with Crippen LogP contribution in [0.4, 0.5) is 0 Å². The number of aromatic hydroxyl groups is 2. The van der Waals surface area contributed by atoms with Crippen molar-refractivity contribution in [2.24, 2.45) is 0 Å². The maximum Gasteiger partial charge on any atom is 0.211 e. The van der Waals surface area contributed by atoms with Crippen LogP contribution in [0.3, 0.4) is 0 Å². The molecule has 6 heteroatoms. The van der Waals surface area contributed by atoms with Gasteiger partial charge in [0.15, 0.2) is 17.3 Å². The second-order valence-corrected chi connectivity index (χ2v) is 5.11. The lowest BCUT2D eigenvalue weighted by molar-refractivity contribution is 0.0834. The molecular formula is C17H16O6. The fraction of sp³-hybridized carbons (Fsp3) is 0.235. The molecule has 0 aliphatic carbocycles. The van der Waals surface area contributed by atoms with Crippen molar-refractivity contribution in [2.45, 2.75) is 12.5 Å². The van der Waals surface area contributed by atoms with Crippen LogP contribution in [0, 0.1) is 0 Å². The van der Waals surface area contributed by atoms with Crippen LogP contribution in [-0.4, -0.2) is 30.2 Å². The van der Waals surface area contributed by atoms with Gasteiger partial charge in [-0.2, -0.15) is 0 Å². The Kier molecular flexibility index (Phi) is 3.73. The zero-order valence-electron chi connectivity index (χ0n) is 12.7. The van der Waals surface area contributed by atoms with Crippen LogP contribution < -0.4 is 14.2 Å². The Labute approximate surface area is 132 Å². The third kappa shape index (κ3) is 2.32. The van der Waals surface area contributed by atoms with Crippen molar-refractivity contribution in [3.63, 3.8) is 0 Å². The largest absolute Gasteiger partial charge is 0.504 e. The summed E-state index contributed by atoms with van der Waals surface area (Å²) in [6.07, 6.45) is -0.487. The first kappa shape index (κ1) is 15.0. The monoisotopic (exact) mass is 316 g/mol. The molecule has 0 amide bonds. The summed E-state index contributed by atoms with van der Waals surface area (Å²) in [6.45, 7) is 0. The fourth-order valence-electron chi connectivity index (χ4n) is 2.72. The van der Waals surface area contributed by atoms with Gasteiger partial charge in [-0.3, -0.25) is 4.79 Å². The molecule has 2 N–H and O–H groups in total. The predicted octanol–water partition coefficient (Wildman–Crippen LogP) is 2.82. The molecule has 2 aromatic rings. The van der Waals surface area contributed by atoms with Gasteiger partial charge in [0, 0.05) is 0 Å². The van der Waals surface area contributed by atoms with E-state index in [-0.39, 0.29) is 40.8 Å². The number of carbonyl (C=O) groups is 1. The molecule has 0 saturated heterocycles. The van der Waals surface area contributed by atoms with Crippen molar-refractivity contribution in [3.8, 4) is 28.7 Å². The lowest BCUT2D eigenvalue weighted by Gasteiger charge is -2.28. The molecule has 3 rings (SSSR count). The molecule has 6 nitrogen and oxygen atoms in total. The van der Waals surface area contributed by atoms with E-state index in [4.69, 9.17) is 14.2 Å². The Hall–Kier alpha value is -2.89. The molecule has 23 heavy (non-hydrogen) atoms. The molecule has 1 aliphatic rings. The Morgan fingerprint density at radius 3 is 2.26 bits per heavy atom. The molecule has 0 radical (unpaired) electrons. The number of ketones is 1. The van der Waals surface area contributed by atoms with E-state index in [0.717, 1.165) is 5.56 Å². The molecule has 2 aromatic carbocycles. The average Bonchev–Trinajstić information content (AvgIpc) is 2.57. The minimum absolute atomic E-state index is 0.0551. The van der Waals surface area contributed by atoms with Crippen LogP contribution in [0.5, 0.6) is 28.7 Å². The second-order valence-electron chi connectivity index (χ2n) is 5.11. The van der Waals surface area contributed by atoms with Gasteiger partial charge >= 0.3 is 0 Å². The topological polar surface area (TPSA) is 85.2 Å². The number of methoxy groups -OCH3 is 2. The van der Waals surface area contributed by atoms with Gasteiger partial charge in [-0.25, -0.2) is 0 Å². The van der Waals surface area contributed by atoms with E-state index in [1.807, 2.05) is 30.3 Å². The molecule has 1 aliphatic heterocycles. The molecule has 0 spiro atoms. The highest BCUT2D eigenvalue weighted by atomic mass is 16.5. The van der Waals surface area contributed by atoms with Crippen molar-refractivity contribution in [3.05, 3.63) is 41.5 Å². The average molecular weight is 316 g/mol. The number of rotatable bonds is 3. The van der Waals surface area contributed by atoms with Crippen LogP contribution in [-0.2, 0) is 0 Å². The number of carbonyl (C=O) groups excluding carboxylic acids is 1. The molecule has 0 bridgehead atoms. The maximum absolute atomic E-state index is 12.5. The summed E-state index contributed by atoms with van der Waals surface area (Å²) in [6, 6.07) is 9.20. The van der Waals surface area contributed by atoms with E-state index >= 15 is 0 Å². The highest BCUT2D eigenvalue weighted by molar-refractivity contribution is 6.05. The van der Waals surface area contributed by atoms with Crippen LogP contribution in [0.15, 0.2) is 30.3 Å². The second kappa shape index (κ2) is 5.72. The Morgan fingerprint density at radius 2 is 1.65 bits per heavy atom. The van der Waals surface area contributed by atoms with Gasteiger partial charge in [0.25, 0.3) is 0 Å². The number of phenolic OH excluding ortho intramolecular Hbond substituents is 2. The van der Waals surface area contributed by atoms with E-state index in [9.17, 15) is 15.0 Å². The first-order valence-corrected chi connectivity index (χ1v) is 7.03. The van der Waals surface area contributed by atoms with Gasteiger partial charge in [0.05, 0.1) is 20.6 Å². The number of ether oxygens (including phenoxy) is 3. The van der Waals surface area contributed by atoms with E-state index in [1.165, 1.54) is 14.2 Å². The number of Topliss-reactive ketones (excluding diaryl/α,β-unsaturated/α-hetero) is 1. The van der Waals surface area contributed by atoms with E-state index in [2.05, 4.69) is 0 Å². The molecule has 0 aromatic heterocycles. The molecule has 0 saturated carbocycles. The van der Waals surface area contributed by atoms with Gasteiger partial charge in [-0.15, -0.1) is 0 Å². The molecule has 0 fully saturated rings. The first-order valence-electron chi connectivity index (χ1n) is 7.03. The van der Waals surface area contributed by atoms with Crippen molar-refractivity contribution in [2.75, 3.05) is 14.2 Å². The zero-order chi connectivity index (χ0) is 16.6. The summed E-state index contributed by atoms with van der Waals surface area (Å²) >= 11 is 0. The highest BCUT2D eigenvalue weighted by Gasteiger charge is 2.37. The van der Waals surface area contributed by atoms with Crippen molar-refractivity contribution in [1.82, 2.24) is 0 Å². The van der Waals surface area contributed by atoms with Gasteiger partial charge < -0.3 is 24.4 Å². The van der Waals surface area contributed by atoms with Gasteiger partial charge in [-0.1, -0.05) is 30.3 Å². The first-order chi connectivity index (χ1) is 11.1. The number of hydrogen-bond donors (Lipinski definition) is 2. The minimum Gasteiger partial charge on any atom is -0.504 e. The van der Waals surface area contributed by atoms with Gasteiger partial charge in [0.2, 0.25) is 17.2 Å². The summed E-state index contributed by atoms with van der Waals surface area (Å²) in [5.74, 6) is -1.37. The van der Waals surface area contributed by atoms with E-state index in [0.29, 0.717) is 0 Å². The summed E-state index contributed by atoms with van der Waals surface area (Å²) in [4.78, 5) is 12.5. The summed E-state index contributed by atoms with van der Waals surface area (Å²) in [5.41, 5.74) is 0.715. The number of phenols is 2. The third-order valence-corrected chi connectivity index (χ3v) is 3.80. The van der Waals surface area contributed by atoms with Crippen molar-refractivity contribution >= 4 is 5.78 Å². The number of benzene rings is 2. The highest BCUT2D eigenvalue weighted by Crippen LogP contribution is 2.55. The summed E-state index contributed by atoms with van der Waals surface area (Å²) in [7, 11) is 2.63. The fourth-order valence-corrected chi connectivity index (χ4v) is 2.72. The normalized spacial score (nSPS) is 16.4. The van der Waals surface area contributed by atoms with E-state index < -0.39 is 11.9 Å². The van der Waals surface area contributed by atoms with Crippen LogP contribution >= 0.6 is 0 Å². The summed E-state index contributed by atoms with van der Waals surface area (Å²) in [5, 5.41) is 20.6. The summed E-state index contributed by atoms with van der Waals surface area (Å²) < 4.78 is 15.9. The van der Waals surface area contributed by atoms with Gasteiger partial charge in [0.1, 0.15) is 11.7 Å². The Bertz CT molecular complexity index is 754. The molecule has 1 atom stereocenters. The zero-order valence-corrected chi connectivity index (χ0v) is 12.7. The third-order valence-electron chi connectivity index (χ3n) is 3.80. The van der Waals surface area contributed by atoms with Crippen LogP contribution in [0.25, 0.3) is 0 Å². The molecule has 1 unspecified atom stereocenters. The molecular weight excluding hydrogens is 300 g/mol. The quantitative estimate of drug-likeness (QED) is 0.847. The van der Waals surface area contributed by atoms with Crippen LogP contribution in [0.1, 0.15) is 28.4 Å². The minimum atomic E-state index is -0.542. The molecule has 1 heterocycles. The Morgan fingerprint density at radius 1 is 1.04 bits per heavy atom. The number of fused-ring (bicyclic) bond motifs is 1. The van der Waals surface area contributed by atoms with Crippen molar-refractivity contribution in [1.29, 1.82) is 0 Å². The number of hydrogen-bond acceptors (Lipinski definition) is 6. The maximum atomic E-state index is 12.5. The SMILES string of the molecule is COc1c(O)c2c(c(O)c1OC)C(=O)CC(c1ccccc1)O2. The Balaban J connectivity index is 2.15. The lowest BCUT2D eigenvalue weighted by Crippen LogP contribution is -2.21. The standard InChI is InChI=1S/C17H16O6/c1-21-16-13(19)12-10(18)8-11(9-6-4-3-5-7-9)23-15(12)14(20)17(16)22-2/h3-7,11,19-20H,8H2,1-2H3. The van der Waals surface area contributed by atoms with E-state index in [1.54, 1.807) is 0 Å². The predicted molar refractivity (Wildman–Crippen MR) is 81.6 cm³/mol. The van der Waals surface area contributed by atoms with Crippen LogP contribution in [0.2, 0.25) is 0 Å². The smallest absolute Gasteiger partial charge is 0.211 e. The lowest BCUT2D eigenvalue weighted by atomic mass is 9.94.